The zero-order valence-electron chi connectivity index (χ0n) is 20.4. The van der Waals surface area contributed by atoms with Crippen molar-refractivity contribution in [2.75, 3.05) is 25.5 Å². The van der Waals surface area contributed by atoms with E-state index in [1.807, 2.05) is 35.9 Å². The molecule has 2 aromatic carbocycles. The minimum atomic E-state index is -5.08. The summed E-state index contributed by atoms with van der Waals surface area (Å²) >= 11 is 6.47. The van der Waals surface area contributed by atoms with E-state index in [4.69, 9.17) is 21.5 Å². The summed E-state index contributed by atoms with van der Waals surface area (Å²) in [6.07, 6.45) is -0.731. The van der Waals surface area contributed by atoms with Crippen LogP contribution in [0.15, 0.2) is 48.5 Å². The molecule has 3 aromatic rings. The maximum absolute atomic E-state index is 10.6. The van der Waals surface area contributed by atoms with Crippen molar-refractivity contribution in [1.82, 2.24) is 19.9 Å². The molecule has 0 fully saturated rings. The maximum Gasteiger partial charge on any atom is 0.490 e. The fourth-order valence-electron chi connectivity index (χ4n) is 4.51. The highest BCUT2D eigenvalue weighted by Gasteiger charge is 2.38. The smallest absolute Gasteiger partial charge is 0.475 e. The van der Waals surface area contributed by atoms with Gasteiger partial charge in [-0.25, -0.2) is 9.48 Å². The second-order valence-electron chi connectivity index (χ2n) is 9.06. The van der Waals surface area contributed by atoms with E-state index < -0.39 is 12.1 Å². The third-order valence-electron chi connectivity index (χ3n) is 6.44. The lowest BCUT2D eigenvalue weighted by atomic mass is 9.90. The van der Waals surface area contributed by atoms with Crippen LogP contribution >= 0.6 is 11.6 Å². The van der Waals surface area contributed by atoms with Crippen LogP contribution in [0.3, 0.4) is 0 Å². The summed E-state index contributed by atoms with van der Waals surface area (Å²) in [7, 11) is 2.17. The van der Waals surface area contributed by atoms with Crippen molar-refractivity contribution in [1.29, 1.82) is 0 Å². The Morgan fingerprint density at radius 2 is 1.92 bits per heavy atom. The molecule has 1 unspecified atom stereocenters. The predicted octanol–water partition coefficient (Wildman–Crippen LogP) is 5.82. The molecule has 1 atom stereocenters. The molecule has 0 saturated carbocycles. The number of rotatable bonds is 3. The molecule has 196 valence electrons. The zero-order valence-corrected chi connectivity index (χ0v) is 21.1. The van der Waals surface area contributed by atoms with Gasteiger partial charge in [0.25, 0.3) is 0 Å². The summed E-state index contributed by atoms with van der Waals surface area (Å²) in [5, 5.41) is 20.3. The Morgan fingerprint density at radius 3 is 2.57 bits per heavy atom. The summed E-state index contributed by atoms with van der Waals surface area (Å²) < 4.78 is 33.8. The van der Waals surface area contributed by atoms with Gasteiger partial charge in [-0.3, -0.25) is 0 Å². The van der Waals surface area contributed by atoms with Gasteiger partial charge >= 0.3 is 12.1 Å². The number of halogens is 4. The number of aromatic nitrogens is 3. The maximum atomic E-state index is 10.6. The lowest BCUT2D eigenvalue weighted by molar-refractivity contribution is -0.192. The summed E-state index contributed by atoms with van der Waals surface area (Å²) in [6.45, 7) is 4.96. The first-order chi connectivity index (χ1) is 17.5. The molecule has 0 aliphatic carbocycles. The SMILES string of the molecule is Cc1nnn2c1-c1ccc(C3=CCN(C)CC3)cc1C(Nc1ccccc1Cl)CC2.O=C(O)C(F)(F)F. The van der Waals surface area contributed by atoms with Crippen LogP contribution in [0.25, 0.3) is 16.8 Å². The van der Waals surface area contributed by atoms with Crippen molar-refractivity contribution in [2.24, 2.45) is 0 Å². The van der Waals surface area contributed by atoms with Crippen LogP contribution in [0.2, 0.25) is 5.02 Å². The van der Waals surface area contributed by atoms with Gasteiger partial charge in [0, 0.05) is 25.2 Å². The number of hydrogen-bond donors (Lipinski definition) is 2. The van der Waals surface area contributed by atoms with Crippen molar-refractivity contribution in [2.45, 2.75) is 38.5 Å². The topological polar surface area (TPSA) is 83.3 Å². The molecule has 1 aromatic heterocycles. The van der Waals surface area contributed by atoms with E-state index >= 15 is 0 Å². The fourth-order valence-corrected chi connectivity index (χ4v) is 4.70. The number of likely N-dealkylation sites (N-methyl/N-ethyl adjacent to an activating group) is 1. The largest absolute Gasteiger partial charge is 0.490 e. The van der Waals surface area contributed by atoms with Crippen molar-refractivity contribution in [3.05, 3.63) is 70.4 Å². The molecular weight excluding hydrogens is 507 g/mol. The van der Waals surface area contributed by atoms with Gasteiger partial charge < -0.3 is 15.3 Å². The number of nitrogens with one attached hydrogen (secondary N) is 1. The average molecular weight is 534 g/mol. The highest BCUT2D eigenvalue weighted by molar-refractivity contribution is 6.33. The van der Waals surface area contributed by atoms with Gasteiger partial charge in [-0.15, -0.1) is 5.10 Å². The predicted molar refractivity (Wildman–Crippen MR) is 136 cm³/mol. The monoisotopic (exact) mass is 533 g/mol. The Labute approximate surface area is 217 Å². The van der Waals surface area contributed by atoms with Crippen LogP contribution in [-0.2, 0) is 11.3 Å². The van der Waals surface area contributed by atoms with Crippen LogP contribution in [-0.4, -0.2) is 57.3 Å². The van der Waals surface area contributed by atoms with E-state index in [9.17, 15) is 13.2 Å². The Bertz CT molecular complexity index is 1320. The third-order valence-corrected chi connectivity index (χ3v) is 6.77. The molecule has 7 nitrogen and oxygen atoms in total. The molecule has 5 rings (SSSR count). The van der Waals surface area contributed by atoms with Gasteiger partial charge in [0.1, 0.15) is 0 Å². The minimum Gasteiger partial charge on any atom is -0.475 e. The number of carbonyl (C=O) groups is 1. The van der Waals surface area contributed by atoms with Gasteiger partial charge in [-0.05, 0) is 61.7 Å². The molecule has 0 amide bonds. The average Bonchev–Trinajstić information content (AvgIpc) is 3.15. The summed E-state index contributed by atoms with van der Waals surface area (Å²) in [6, 6.07) is 15.0. The van der Waals surface area contributed by atoms with Crippen LogP contribution in [0, 0.1) is 6.92 Å². The molecule has 11 heteroatoms. The number of hydrogen-bond acceptors (Lipinski definition) is 5. The van der Waals surface area contributed by atoms with E-state index in [1.54, 1.807) is 0 Å². The number of alkyl halides is 3. The summed E-state index contributed by atoms with van der Waals surface area (Å²) in [4.78, 5) is 11.2. The van der Waals surface area contributed by atoms with Gasteiger partial charge in [-0.2, -0.15) is 13.2 Å². The molecular formula is C26H27ClF3N5O2. The van der Waals surface area contributed by atoms with Crippen LogP contribution in [0.1, 0.15) is 35.7 Å². The van der Waals surface area contributed by atoms with Gasteiger partial charge in [0.05, 0.1) is 28.1 Å². The van der Waals surface area contributed by atoms with Crippen LogP contribution in [0.4, 0.5) is 18.9 Å². The molecule has 2 N–H and O–H groups in total. The van der Waals surface area contributed by atoms with E-state index in [0.29, 0.717) is 0 Å². The highest BCUT2D eigenvalue weighted by Crippen LogP contribution is 2.39. The third kappa shape index (κ3) is 6.14. The first-order valence-corrected chi connectivity index (χ1v) is 12.2. The van der Waals surface area contributed by atoms with Crippen molar-refractivity contribution < 1.29 is 23.1 Å². The first-order valence-electron chi connectivity index (χ1n) is 11.8. The van der Waals surface area contributed by atoms with Crippen molar-refractivity contribution in [3.63, 3.8) is 0 Å². The Hall–Kier alpha value is -3.37. The second-order valence-corrected chi connectivity index (χ2v) is 9.47. The number of benzene rings is 2. The van der Waals surface area contributed by atoms with E-state index in [0.717, 1.165) is 54.6 Å². The normalized spacial score (nSPS) is 17.5. The second kappa shape index (κ2) is 10.9. The Kier molecular flexibility index (Phi) is 7.89. The number of nitrogens with zero attached hydrogens (tertiary/aromatic N) is 4. The lowest BCUT2D eigenvalue weighted by Crippen LogP contribution is -2.23. The fraction of sp³-hybridized carbons (Fsp3) is 0.346. The standard InChI is InChI=1S/C24H26ClN5.C2HF3O2/c1-16-24-19-8-7-18(17-9-12-29(2)13-10-17)15-20(19)22(11-14-30(24)28-27-16)26-23-6-4-3-5-21(23)25;3-2(4,5)1(6)7/h3-9,15,22,26H,10-14H2,1-2H3;(H,6,7). The summed E-state index contributed by atoms with van der Waals surface area (Å²) in [5.74, 6) is -2.76. The molecule has 3 heterocycles. The zero-order chi connectivity index (χ0) is 26.7. The Morgan fingerprint density at radius 1 is 1.19 bits per heavy atom. The number of carboxylic acid groups (broad SMARTS) is 1. The number of anilines is 1. The number of carboxylic acids is 1. The van der Waals surface area contributed by atoms with Crippen molar-refractivity contribution >= 4 is 28.8 Å². The van der Waals surface area contributed by atoms with Gasteiger partial charge in [0.2, 0.25) is 0 Å². The quantitative estimate of drug-likeness (QED) is 0.442. The van der Waals surface area contributed by atoms with Gasteiger partial charge in [-0.1, -0.05) is 47.2 Å². The molecule has 2 aliphatic heterocycles. The number of para-hydroxylation sites is 1. The number of aryl methyl sites for hydroxylation is 2. The number of fused-ring (bicyclic) bond motifs is 3. The molecule has 2 aliphatic rings. The molecule has 0 saturated heterocycles. The number of aliphatic carboxylic acids is 1. The van der Waals surface area contributed by atoms with Crippen LogP contribution in [0.5, 0.6) is 0 Å². The summed E-state index contributed by atoms with van der Waals surface area (Å²) in [5.41, 5.74) is 8.30. The molecule has 0 spiro atoms. The lowest BCUT2D eigenvalue weighted by Gasteiger charge is -2.25. The van der Waals surface area contributed by atoms with E-state index in [2.05, 4.69) is 51.9 Å². The molecule has 0 radical (unpaired) electrons. The molecule has 37 heavy (non-hydrogen) atoms. The first kappa shape index (κ1) is 26.7. The highest BCUT2D eigenvalue weighted by atomic mass is 35.5. The van der Waals surface area contributed by atoms with Gasteiger partial charge in [0.15, 0.2) is 0 Å². The minimum absolute atomic E-state index is 0.146. The van der Waals surface area contributed by atoms with Crippen molar-refractivity contribution in [3.8, 4) is 11.3 Å². The van der Waals surface area contributed by atoms with E-state index in [1.165, 1.54) is 22.3 Å². The van der Waals surface area contributed by atoms with E-state index in [-0.39, 0.29) is 6.04 Å². The Balaban J connectivity index is 0.000000405. The van der Waals surface area contributed by atoms with Crippen LogP contribution < -0.4 is 5.32 Å². The molecule has 0 bridgehead atoms.